The monoisotopic (exact) mass is 270 g/mol. The van der Waals surface area contributed by atoms with Crippen LogP contribution in [-0.2, 0) is 0 Å². The van der Waals surface area contributed by atoms with Gasteiger partial charge in [0.05, 0.1) is 20.6 Å². The molecule has 2 amide bonds. The van der Waals surface area contributed by atoms with Gasteiger partial charge in [-0.3, -0.25) is 0 Å². The van der Waals surface area contributed by atoms with E-state index in [0.29, 0.717) is 11.6 Å². The summed E-state index contributed by atoms with van der Waals surface area (Å²) >= 11 is 5.98. The predicted octanol–water partition coefficient (Wildman–Crippen LogP) is 1.30. The second kappa shape index (κ2) is 7.24. The number of rotatable bonds is 5. The highest BCUT2D eigenvalue weighted by Crippen LogP contribution is 2.22. The van der Waals surface area contributed by atoms with Crippen molar-refractivity contribution in [2.45, 2.75) is 13.3 Å². The van der Waals surface area contributed by atoms with Gasteiger partial charge in [-0.15, -0.1) is 0 Å². The molecule has 0 spiro atoms. The topological polar surface area (TPSA) is 45.6 Å². The zero-order valence-electron chi connectivity index (χ0n) is 11.1. The number of anilines is 1. The molecule has 0 radical (unpaired) electrons. The van der Waals surface area contributed by atoms with Gasteiger partial charge < -0.3 is 15.5 Å². The minimum Gasteiger partial charge on any atom is -0.340 e. The van der Waals surface area contributed by atoms with Crippen LogP contribution in [-0.4, -0.2) is 33.2 Å². The summed E-state index contributed by atoms with van der Waals surface area (Å²) in [7, 11) is 4.19. The Morgan fingerprint density at radius 3 is 2.78 bits per heavy atom. The Hall–Kier alpha value is -1.26. The molecule has 1 rings (SSSR count). The van der Waals surface area contributed by atoms with E-state index in [1.165, 1.54) is 4.90 Å². The second-order valence-electron chi connectivity index (χ2n) is 4.60. The van der Waals surface area contributed by atoms with Crippen molar-refractivity contribution in [2.24, 2.45) is 0 Å². The van der Waals surface area contributed by atoms with Crippen LogP contribution in [0.4, 0.5) is 10.5 Å². The smallest absolute Gasteiger partial charge is 0.319 e. The van der Waals surface area contributed by atoms with Gasteiger partial charge in [0.25, 0.3) is 0 Å². The minimum absolute atomic E-state index is 0.186. The summed E-state index contributed by atoms with van der Waals surface area (Å²) in [6.45, 7) is 3.60. The van der Waals surface area contributed by atoms with Gasteiger partial charge >= 0.3 is 6.03 Å². The maximum absolute atomic E-state index is 11.6. The zero-order chi connectivity index (χ0) is 13.5. The highest BCUT2D eigenvalue weighted by Gasteiger charge is 2.05. The first-order valence-electron chi connectivity index (χ1n) is 6.09. The Morgan fingerprint density at radius 1 is 1.39 bits per heavy atom. The molecular weight excluding hydrogens is 250 g/mol. The lowest BCUT2D eigenvalue weighted by molar-refractivity contribution is -0.858. The van der Waals surface area contributed by atoms with E-state index in [4.69, 9.17) is 11.6 Å². The van der Waals surface area contributed by atoms with Crippen molar-refractivity contribution in [3.8, 4) is 0 Å². The minimum atomic E-state index is -0.186. The first-order valence-corrected chi connectivity index (χ1v) is 6.47. The quantitative estimate of drug-likeness (QED) is 0.694. The van der Waals surface area contributed by atoms with Crippen LogP contribution < -0.4 is 15.5 Å². The van der Waals surface area contributed by atoms with Crippen LogP contribution in [0.2, 0.25) is 5.02 Å². The van der Waals surface area contributed by atoms with Crippen molar-refractivity contribution in [1.29, 1.82) is 0 Å². The van der Waals surface area contributed by atoms with Crippen molar-refractivity contribution < 1.29 is 9.69 Å². The van der Waals surface area contributed by atoms with Crippen LogP contribution in [0, 0.1) is 6.92 Å². The maximum atomic E-state index is 11.6. The van der Waals surface area contributed by atoms with E-state index < -0.39 is 0 Å². The number of halogens is 1. The average Bonchev–Trinajstić information content (AvgIpc) is 2.30. The third-order valence-corrected chi connectivity index (χ3v) is 3.06. The Kier molecular flexibility index (Phi) is 5.95. The number of carbonyl (C=O) groups is 1. The summed E-state index contributed by atoms with van der Waals surface area (Å²) in [5, 5.41) is 6.28. The summed E-state index contributed by atoms with van der Waals surface area (Å²) in [6.07, 6.45) is 0.963. The Morgan fingerprint density at radius 2 is 2.11 bits per heavy atom. The van der Waals surface area contributed by atoms with Crippen molar-refractivity contribution in [3.05, 3.63) is 28.8 Å². The molecule has 18 heavy (non-hydrogen) atoms. The largest absolute Gasteiger partial charge is 0.340 e. The molecule has 0 unspecified atom stereocenters. The van der Waals surface area contributed by atoms with E-state index in [9.17, 15) is 4.79 Å². The van der Waals surface area contributed by atoms with E-state index >= 15 is 0 Å². The Labute approximate surface area is 113 Å². The lowest BCUT2D eigenvalue weighted by atomic mass is 10.2. The molecular formula is C13H21ClN3O+. The van der Waals surface area contributed by atoms with E-state index in [1.54, 1.807) is 6.07 Å². The first kappa shape index (κ1) is 14.8. The summed E-state index contributed by atoms with van der Waals surface area (Å²) in [4.78, 5) is 13.0. The van der Waals surface area contributed by atoms with Gasteiger partial charge in [-0.05, 0) is 24.6 Å². The maximum Gasteiger partial charge on any atom is 0.319 e. The molecule has 1 aromatic carbocycles. The molecule has 5 heteroatoms. The van der Waals surface area contributed by atoms with Gasteiger partial charge in [0.1, 0.15) is 0 Å². The highest BCUT2D eigenvalue weighted by atomic mass is 35.5. The van der Waals surface area contributed by atoms with E-state index in [2.05, 4.69) is 24.7 Å². The molecule has 0 aromatic heterocycles. The molecule has 0 atom stereocenters. The van der Waals surface area contributed by atoms with Crippen LogP contribution >= 0.6 is 11.6 Å². The number of quaternary nitrogens is 1. The molecule has 0 saturated heterocycles. The van der Waals surface area contributed by atoms with Gasteiger partial charge in [0.15, 0.2) is 0 Å². The predicted molar refractivity (Wildman–Crippen MR) is 75.5 cm³/mol. The van der Waals surface area contributed by atoms with Crippen LogP contribution in [0.3, 0.4) is 0 Å². The standard InChI is InChI=1S/C13H20ClN3O/c1-10-11(14)6-4-7-12(10)16-13(18)15-8-5-9-17(2)3/h4,6-7H,5,8-9H2,1-3H3,(H2,15,16,18)/p+1. The molecule has 0 aliphatic heterocycles. The van der Waals surface area contributed by atoms with Crippen molar-refractivity contribution in [2.75, 3.05) is 32.5 Å². The van der Waals surface area contributed by atoms with Gasteiger partial charge in [-0.25, -0.2) is 4.79 Å². The number of carbonyl (C=O) groups excluding carboxylic acids is 1. The zero-order valence-corrected chi connectivity index (χ0v) is 11.9. The number of urea groups is 1. The van der Waals surface area contributed by atoms with Crippen molar-refractivity contribution >= 4 is 23.3 Å². The fourth-order valence-corrected chi connectivity index (χ4v) is 1.73. The van der Waals surface area contributed by atoms with Gasteiger partial charge in [0, 0.05) is 23.7 Å². The molecule has 4 nitrogen and oxygen atoms in total. The molecule has 0 aliphatic carbocycles. The molecule has 1 aromatic rings. The summed E-state index contributed by atoms with van der Waals surface area (Å²) < 4.78 is 0. The van der Waals surface area contributed by atoms with E-state index in [-0.39, 0.29) is 6.03 Å². The molecule has 0 saturated carbocycles. The number of benzene rings is 1. The van der Waals surface area contributed by atoms with Gasteiger partial charge in [0.2, 0.25) is 0 Å². The first-order chi connectivity index (χ1) is 8.50. The highest BCUT2D eigenvalue weighted by molar-refractivity contribution is 6.31. The number of nitrogens with one attached hydrogen (secondary N) is 3. The van der Waals surface area contributed by atoms with Crippen LogP contribution in [0.1, 0.15) is 12.0 Å². The molecule has 0 heterocycles. The third kappa shape index (κ3) is 4.94. The Balaban J connectivity index is 2.38. The molecule has 0 bridgehead atoms. The molecule has 0 aliphatic rings. The lowest BCUT2D eigenvalue weighted by Gasteiger charge is -2.11. The van der Waals surface area contributed by atoms with Gasteiger partial charge in [-0.2, -0.15) is 0 Å². The number of amides is 2. The number of hydrogen-bond acceptors (Lipinski definition) is 1. The van der Waals surface area contributed by atoms with E-state index in [0.717, 1.165) is 24.2 Å². The molecule has 0 fully saturated rings. The van der Waals surface area contributed by atoms with E-state index in [1.807, 2.05) is 19.1 Å². The molecule has 3 N–H and O–H groups in total. The normalized spacial score (nSPS) is 10.5. The van der Waals surface area contributed by atoms with Crippen LogP contribution in [0.25, 0.3) is 0 Å². The van der Waals surface area contributed by atoms with Crippen LogP contribution in [0.5, 0.6) is 0 Å². The average molecular weight is 271 g/mol. The van der Waals surface area contributed by atoms with Crippen LogP contribution in [0.15, 0.2) is 18.2 Å². The van der Waals surface area contributed by atoms with Gasteiger partial charge in [-0.1, -0.05) is 17.7 Å². The summed E-state index contributed by atoms with van der Waals surface area (Å²) in [5.41, 5.74) is 1.63. The fraction of sp³-hybridized carbons (Fsp3) is 0.462. The van der Waals surface area contributed by atoms with Crippen molar-refractivity contribution in [1.82, 2.24) is 5.32 Å². The fourth-order valence-electron chi connectivity index (χ4n) is 1.55. The molecule has 100 valence electrons. The SMILES string of the molecule is Cc1c(Cl)cccc1NC(=O)NCCC[NH+](C)C. The van der Waals surface area contributed by atoms with Crippen molar-refractivity contribution in [3.63, 3.8) is 0 Å². The third-order valence-electron chi connectivity index (χ3n) is 2.66. The summed E-state index contributed by atoms with van der Waals surface area (Å²) in [6, 6.07) is 5.28. The second-order valence-corrected chi connectivity index (χ2v) is 5.01. The lowest BCUT2D eigenvalue weighted by Crippen LogP contribution is -3.05. The number of hydrogen-bond donors (Lipinski definition) is 3. The Bertz CT molecular complexity index is 407. The summed E-state index contributed by atoms with van der Waals surface area (Å²) in [5.74, 6) is 0.